The summed E-state index contributed by atoms with van der Waals surface area (Å²) in [6.45, 7) is 6.84. The van der Waals surface area contributed by atoms with Crippen LogP contribution in [0.15, 0.2) is 47.5 Å². The third-order valence-electron chi connectivity index (χ3n) is 5.25. The lowest BCUT2D eigenvalue weighted by atomic mass is 10.2. The molecule has 1 aromatic carbocycles. The summed E-state index contributed by atoms with van der Waals surface area (Å²) in [4.78, 5) is 38.6. The van der Waals surface area contributed by atoms with Gasteiger partial charge in [-0.25, -0.2) is 4.98 Å². The predicted molar refractivity (Wildman–Crippen MR) is 118 cm³/mol. The van der Waals surface area contributed by atoms with Crippen LogP contribution in [0.4, 0.5) is 5.82 Å². The molecular weight excluding hydrogens is 402 g/mol. The number of aromatic nitrogens is 3. The van der Waals surface area contributed by atoms with Crippen LogP contribution in [-0.4, -0.2) is 51.5 Å². The van der Waals surface area contributed by atoms with Crippen LogP contribution in [0.2, 0.25) is 5.02 Å². The Morgan fingerprint density at radius 3 is 2.57 bits per heavy atom. The largest absolute Gasteiger partial charge is 0.348 e. The molecule has 1 amide bonds. The number of benzene rings is 1. The molecule has 7 nitrogen and oxygen atoms in total. The van der Waals surface area contributed by atoms with Crippen molar-refractivity contribution in [2.24, 2.45) is 5.92 Å². The highest BCUT2D eigenvalue weighted by atomic mass is 35.5. The zero-order chi connectivity index (χ0) is 21.3. The number of hydrogen-bond donors (Lipinski definition) is 0. The summed E-state index contributed by atoms with van der Waals surface area (Å²) in [7, 11) is 0. The van der Waals surface area contributed by atoms with Gasteiger partial charge in [-0.2, -0.15) is 0 Å². The van der Waals surface area contributed by atoms with Crippen LogP contribution in [0.1, 0.15) is 24.2 Å². The average Bonchev–Trinajstić information content (AvgIpc) is 2.75. The third-order valence-corrected chi connectivity index (χ3v) is 5.58. The van der Waals surface area contributed by atoms with Crippen LogP contribution >= 0.6 is 11.6 Å². The number of anilines is 1. The summed E-state index contributed by atoms with van der Waals surface area (Å²) in [5.41, 5.74) is 1.88. The van der Waals surface area contributed by atoms with Gasteiger partial charge in [0.15, 0.2) is 5.82 Å². The van der Waals surface area contributed by atoms with Gasteiger partial charge in [0.05, 0.1) is 27.8 Å². The number of rotatable bonds is 4. The summed E-state index contributed by atoms with van der Waals surface area (Å²) in [5, 5.41) is 0.450. The number of hydrogen-bond acceptors (Lipinski definition) is 5. The van der Waals surface area contributed by atoms with E-state index in [-0.39, 0.29) is 11.5 Å². The van der Waals surface area contributed by atoms with E-state index in [1.54, 1.807) is 46.1 Å². The smallest absolute Gasteiger partial charge is 0.294 e. The minimum absolute atomic E-state index is 0.0880. The van der Waals surface area contributed by atoms with Crippen molar-refractivity contribution >= 4 is 34.4 Å². The Kier molecular flexibility index (Phi) is 5.72. The van der Waals surface area contributed by atoms with Gasteiger partial charge in [0.25, 0.3) is 11.5 Å². The Hall–Kier alpha value is -2.93. The van der Waals surface area contributed by atoms with E-state index in [0.29, 0.717) is 55.0 Å². The minimum atomic E-state index is -0.116. The predicted octanol–water partition coefficient (Wildman–Crippen LogP) is 3.06. The topological polar surface area (TPSA) is 71.3 Å². The molecule has 30 heavy (non-hydrogen) atoms. The van der Waals surface area contributed by atoms with Gasteiger partial charge in [-0.1, -0.05) is 37.6 Å². The lowest BCUT2D eigenvalue weighted by molar-refractivity contribution is 0.0746. The Labute approximate surface area is 179 Å². The highest BCUT2D eigenvalue weighted by Crippen LogP contribution is 2.20. The van der Waals surface area contributed by atoms with Crippen molar-refractivity contribution in [1.29, 1.82) is 0 Å². The molecular formula is C22H24ClN5O2. The number of halogens is 1. The van der Waals surface area contributed by atoms with E-state index >= 15 is 0 Å². The number of nitrogens with zero attached hydrogens (tertiary/aromatic N) is 5. The fourth-order valence-corrected chi connectivity index (χ4v) is 3.97. The summed E-state index contributed by atoms with van der Waals surface area (Å²) < 4.78 is 1.76. The quantitative estimate of drug-likeness (QED) is 0.642. The first-order valence-corrected chi connectivity index (χ1v) is 10.5. The van der Waals surface area contributed by atoms with Gasteiger partial charge in [-0.15, -0.1) is 0 Å². The van der Waals surface area contributed by atoms with Gasteiger partial charge < -0.3 is 14.4 Å². The maximum atomic E-state index is 13.2. The van der Waals surface area contributed by atoms with Crippen molar-refractivity contribution in [3.05, 3.63) is 63.7 Å². The molecule has 0 N–H and O–H groups in total. The minimum Gasteiger partial charge on any atom is -0.348 e. The number of piperazine rings is 1. The molecule has 1 aliphatic rings. The number of carbonyl (C=O) groups excluding carboxylic acids is 1. The number of carbonyl (C=O) groups is 1. The molecule has 8 heteroatoms. The van der Waals surface area contributed by atoms with Crippen molar-refractivity contribution in [3.8, 4) is 0 Å². The maximum absolute atomic E-state index is 13.2. The van der Waals surface area contributed by atoms with Crippen molar-refractivity contribution in [2.75, 3.05) is 31.1 Å². The summed E-state index contributed by atoms with van der Waals surface area (Å²) in [6.07, 6.45) is 3.37. The van der Waals surface area contributed by atoms with E-state index in [0.717, 1.165) is 11.0 Å². The molecule has 0 saturated carbocycles. The SMILES string of the molecule is CC(C)Cn1c(=O)c(N2CCN(C(=O)c3ccccc3Cl)CC2)nc2ccncc21. The molecule has 0 bridgehead atoms. The molecule has 1 fully saturated rings. The maximum Gasteiger partial charge on any atom is 0.294 e. The van der Waals surface area contributed by atoms with Crippen molar-refractivity contribution in [1.82, 2.24) is 19.4 Å². The lowest BCUT2D eigenvalue weighted by Gasteiger charge is -2.35. The first-order valence-electron chi connectivity index (χ1n) is 10.1. The van der Waals surface area contributed by atoms with Crippen molar-refractivity contribution < 1.29 is 4.79 Å². The fourth-order valence-electron chi connectivity index (χ4n) is 3.75. The Morgan fingerprint density at radius 1 is 1.13 bits per heavy atom. The van der Waals surface area contributed by atoms with Crippen LogP contribution in [0.3, 0.4) is 0 Å². The lowest BCUT2D eigenvalue weighted by Crippen LogP contribution is -2.50. The van der Waals surface area contributed by atoms with E-state index in [1.165, 1.54) is 0 Å². The number of fused-ring (bicyclic) bond motifs is 1. The molecule has 0 atom stereocenters. The molecule has 0 radical (unpaired) electrons. The van der Waals surface area contributed by atoms with E-state index in [2.05, 4.69) is 23.8 Å². The van der Waals surface area contributed by atoms with Crippen molar-refractivity contribution in [3.63, 3.8) is 0 Å². The number of pyridine rings is 1. The molecule has 156 valence electrons. The first kappa shape index (κ1) is 20.3. The zero-order valence-corrected chi connectivity index (χ0v) is 17.8. The van der Waals surface area contributed by atoms with Crippen LogP contribution in [-0.2, 0) is 6.54 Å². The van der Waals surface area contributed by atoms with Gasteiger partial charge in [0.2, 0.25) is 0 Å². The third kappa shape index (κ3) is 3.89. The first-order chi connectivity index (χ1) is 14.5. The Morgan fingerprint density at radius 2 is 1.87 bits per heavy atom. The van der Waals surface area contributed by atoms with E-state index in [4.69, 9.17) is 11.6 Å². The van der Waals surface area contributed by atoms with E-state index < -0.39 is 0 Å². The van der Waals surface area contributed by atoms with Gasteiger partial charge in [0.1, 0.15) is 0 Å². The highest BCUT2D eigenvalue weighted by molar-refractivity contribution is 6.33. The molecule has 1 saturated heterocycles. The van der Waals surface area contributed by atoms with Crippen LogP contribution in [0.25, 0.3) is 11.0 Å². The fraction of sp³-hybridized carbons (Fsp3) is 0.364. The monoisotopic (exact) mass is 425 g/mol. The standard InChI is InChI=1S/C22H24ClN5O2/c1-15(2)14-28-19-13-24-8-7-18(19)25-20(22(28)30)26-9-11-27(12-10-26)21(29)16-5-3-4-6-17(16)23/h3-8,13,15H,9-12,14H2,1-2H3. The normalized spacial score (nSPS) is 14.5. The summed E-state index contributed by atoms with van der Waals surface area (Å²) >= 11 is 6.18. The van der Waals surface area contributed by atoms with Gasteiger partial charge in [-0.05, 0) is 24.1 Å². The van der Waals surface area contributed by atoms with Crippen LogP contribution < -0.4 is 10.5 Å². The van der Waals surface area contributed by atoms with Crippen LogP contribution in [0, 0.1) is 5.92 Å². The molecule has 3 heterocycles. The second-order valence-electron chi connectivity index (χ2n) is 7.87. The molecule has 1 aliphatic heterocycles. The second kappa shape index (κ2) is 8.44. The van der Waals surface area contributed by atoms with E-state index in [9.17, 15) is 9.59 Å². The highest BCUT2D eigenvalue weighted by Gasteiger charge is 2.26. The average molecular weight is 426 g/mol. The van der Waals surface area contributed by atoms with Gasteiger partial charge in [0, 0.05) is 38.9 Å². The molecule has 0 spiro atoms. The molecule has 0 unspecified atom stereocenters. The van der Waals surface area contributed by atoms with Crippen molar-refractivity contribution in [2.45, 2.75) is 20.4 Å². The van der Waals surface area contributed by atoms with Gasteiger partial charge in [-0.3, -0.25) is 14.6 Å². The van der Waals surface area contributed by atoms with E-state index in [1.807, 2.05) is 11.0 Å². The Bertz CT molecular complexity index is 1140. The molecule has 3 aromatic rings. The Balaban J connectivity index is 1.59. The van der Waals surface area contributed by atoms with Crippen LogP contribution in [0.5, 0.6) is 0 Å². The van der Waals surface area contributed by atoms with Gasteiger partial charge >= 0.3 is 0 Å². The molecule has 0 aliphatic carbocycles. The zero-order valence-electron chi connectivity index (χ0n) is 17.1. The summed E-state index contributed by atoms with van der Waals surface area (Å²) in [6, 6.07) is 8.89. The number of amides is 1. The molecule has 4 rings (SSSR count). The molecule has 2 aromatic heterocycles. The summed E-state index contributed by atoms with van der Waals surface area (Å²) in [5.74, 6) is 0.653. The second-order valence-corrected chi connectivity index (χ2v) is 8.28.